The maximum Gasteiger partial charge on any atom is 0.146 e. The summed E-state index contributed by atoms with van der Waals surface area (Å²) in [6.07, 6.45) is 6.18. The maximum absolute atomic E-state index is 14.2. The molecule has 0 saturated carbocycles. The zero-order valence-electron chi connectivity index (χ0n) is 20.2. The molecule has 1 atom stereocenters. The van der Waals surface area contributed by atoms with Crippen LogP contribution in [0.1, 0.15) is 29.9 Å². The largest absolute Gasteiger partial charge is 0.373 e. The Morgan fingerprint density at radius 3 is 2.72 bits per heavy atom. The lowest BCUT2D eigenvalue weighted by Gasteiger charge is -2.23. The summed E-state index contributed by atoms with van der Waals surface area (Å²) in [7, 11) is 0. The molecule has 4 heterocycles. The van der Waals surface area contributed by atoms with Crippen LogP contribution in [0, 0.1) is 31.0 Å². The number of aryl methyl sites for hydroxylation is 2. The number of nitrogens with one attached hydrogen (secondary N) is 5. The number of halogens is 2. The van der Waals surface area contributed by atoms with Crippen LogP contribution < -0.4 is 27.0 Å². The van der Waals surface area contributed by atoms with E-state index in [1.165, 1.54) is 18.5 Å². The zero-order chi connectivity index (χ0) is 26.2. The van der Waals surface area contributed by atoms with Crippen molar-refractivity contribution in [2.45, 2.75) is 19.9 Å². The van der Waals surface area contributed by atoms with E-state index in [1.54, 1.807) is 37.5 Å². The first-order valence-corrected chi connectivity index (χ1v) is 11.3. The van der Waals surface area contributed by atoms with Gasteiger partial charge in [0.15, 0.2) is 0 Å². The molecule has 0 spiro atoms. The molecule has 4 aromatic rings. The van der Waals surface area contributed by atoms with Crippen LogP contribution in [0.4, 0.5) is 21.5 Å². The molecular formula is C25H21ClFN9. The molecule has 5 rings (SSSR count). The van der Waals surface area contributed by atoms with Gasteiger partial charge in [-0.3, -0.25) is 15.0 Å². The standard InChI is InChI=1S/C25H21ClFN9/c1-13-18(4-3-5-29-13)25(22-12-32-36-35-22)33-16-6-19-23(34-17-8-21(27)14(2)30-11-17)15(9-28)10-31-24(19)20(26)7-16/h3-8,10-12,25,32-33,35-36H,1-2H3,(H,31,34)/t25-/m1/s1/i25D. The monoisotopic (exact) mass is 502 g/mol. The third kappa shape index (κ3) is 4.45. The molecule has 1 aromatic carbocycles. The molecule has 180 valence electrons. The van der Waals surface area contributed by atoms with E-state index in [2.05, 4.69) is 48.0 Å². The van der Waals surface area contributed by atoms with E-state index in [0.717, 1.165) is 0 Å². The van der Waals surface area contributed by atoms with E-state index in [9.17, 15) is 11.0 Å². The molecule has 1 aliphatic heterocycles. The molecule has 0 unspecified atom stereocenters. The molecule has 0 saturated heterocycles. The van der Waals surface area contributed by atoms with Crippen LogP contribution in [-0.2, 0) is 0 Å². The topological polar surface area (TPSA) is 123 Å². The summed E-state index contributed by atoms with van der Waals surface area (Å²) < 4.78 is 23.6. The van der Waals surface area contributed by atoms with Crippen molar-refractivity contribution in [1.29, 1.82) is 5.26 Å². The van der Waals surface area contributed by atoms with E-state index in [0.29, 0.717) is 49.9 Å². The highest BCUT2D eigenvalue weighted by Crippen LogP contribution is 2.37. The van der Waals surface area contributed by atoms with Gasteiger partial charge < -0.3 is 21.5 Å². The Bertz CT molecular complexity index is 1600. The van der Waals surface area contributed by atoms with Crippen LogP contribution in [-0.4, -0.2) is 15.0 Å². The van der Waals surface area contributed by atoms with Gasteiger partial charge in [0.05, 0.1) is 52.5 Å². The molecule has 36 heavy (non-hydrogen) atoms. The van der Waals surface area contributed by atoms with Crippen LogP contribution in [0.25, 0.3) is 10.9 Å². The summed E-state index contributed by atoms with van der Waals surface area (Å²) in [5, 5.41) is 16.9. The van der Waals surface area contributed by atoms with Crippen molar-refractivity contribution in [3.8, 4) is 6.07 Å². The average Bonchev–Trinajstić information content (AvgIpc) is 3.43. The molecule has 1 aliphatic rings. The number of aromatic nitrogens is 3. The van der Waals surface area contributed by atoms with Crippen LogP contribution >= 0.6 is 11.6 Å². The third-order valence-corrected chi connectivity index (χ3v) is 5.93. The quantitative estimate of drug-likeness (QED) is 0.256. The highest BCUT2D eigenvalue weighted by Gasteiger charge is 2.22. The molecular weight excluding hydrogens is 481 g/mol. The number of anilines is 3. The lowest BCUT2D eigenvalue weighted by molar-refractivity contribution is 0.582. The fourth-order valence-corrected chi connectivity index (χ4v) is 4.09. The van der Waals surface area contributed by atoms with Crippen molar-refractivity contribution in [2.75, 3.05) is 10.6 Å². The van der Waals surface area contributed by atoms with Crippen molar-refractivity contribution in [2.24, 2.45) is 0 Å². The summed E-state index contributed by atoms with van der Waals surface area (Å²) in [5.41, 5.74) is 12.5. The van der Waals surface area contributed by atoms with Gasteiger partial charge in [0, 0.05) is 47.0 Å². The first kappa shape index (κ1) is 22.0. The summed E-state index contributed by atoms with van der Waals surface area (Å²) in [6, 6.07) is 8.89. The van der Waals surface area contributed by atoms with Gasteiger partial charge in [0.25, 0.3) is 0 Å². The SMILES string of the molecule is [2H][C@](Nc1cc(Cl)c2ncc(C#N)c(Nc3cnc(C)c(F)c3)c2c1)(C1=CNNN1)c1cccnc1C. The molecule has 9 nitrogen and oxygen atoms in total. The van der Waals surface area contributed by atoms with E-state index in [-0.39, 0.29) is 11.3 Å². The number of pyridine rings is 3. The van der Waals surface area contributed by atoms with Gasteiger partial charge in [-0.1, -0.05) is 17.7 Å². The summed E-state index contributed by atoms with van der Waals surface area (Å²) in [6.45, 7) is 3.39. The molecule has 11 heteroatoms. The van der Waals surface area contributed by atoms with Crippen molar-refractivity contribution >= 4 is 39.6 Å². The number of nitriles is 1. The average molecular weight is 503 g/mol. The van der Waals surface area contributed by atoms with Crippen LogP contribution in [0.2, 0.25) is 5.02 Å². The minimum Gasteiger partial charge on any atom is -0.373 e. The van der Waals surface area contributed by atoms with Crippen LogP contribution in [0.5, 0.6) is 0 Å². The second-order valence-corrected chi connectivity index (χ2v) is 8.43. The zero-order valence-corrected chi connectivity index (χ0v) is 20.0. The van der Waals surface area contributed by atoms with Crippen molar-refractivity contribution in [1.82, 2.24) is 31.3 Å². The Kier molecular flexibility index (Phi) is 5.91. The lowest BCUT2D eigenvalue weighted by Crippen LogP contribution is -2.34. The fraction of sp³-hybridized carbons (Fsp3) is 0.120. The Labute approximate surface area is 212 Å². The van der Waals surface area contributed by atoms with E-state index < -0.39 is 11.8 Å². The van der Waals surface area contributed by atoms with Gasteiger partial charge in [-0.15, -0.1) is 0 Å². The number of fused-ring (bicyclic) bond motifs is 1. The lowest BCUT2D eigenvalue weighted by atomic mass is 10.0. The second-order valence-electron chi connectivity index (χ2n) is 8.02. The van der Waals surface area contributed by atoms with Gasteiger partial charge in [0.2, 0.25) is 0 Å². The molecule has 3 aromatic heterocycles. The smallest absolute Gasteiger partial charge is 0.146 e. The summed E-state index contributed by atoms with van der Waals surface area (Å²) in [5.74, 6) is -0.479. The minimum atomic E-state index is -1.50. The van der Waals surface area contributed by atoms with Gasteiger partial charge in [-0.2, -0.15) is 10.8 Å². The molecule has 0 radical (unpaired) electrons. The van der Waals surface area contributed by atoms with Crippen molar-refractivity contribution < 1.29 is 5.76 Å². The predicted octanol–water partition coefficient (Wildman–Crippen LogP) is 4.66. The fourth-order valence-electron chi connectivity index (χ4n) is 3.83. The van der Waals surface area contributed by atoms with Crippen molar-refractivity contribution in [3.63, 3.8) is 0 Å². The number of rotatable bonds is 6. The Morgan fingerprint density at radius 2 is 2.00 bits per heavy atom. The molecule has 0 amide bonds. The highest BCUT2D eigenvalue weighted by molar-refractivity contribution is 6.36. The third-order valence-electron chi connectivity index (χ3n) is 5.64. The normalized spacial score (nSPS) is 14.6. The number of hydrogen-bond acceptors (Lipinski definition) is 9. The summed E-state index contributed by atoms with van der Waals surface area (Å²) in [4.78, 5) is 12.8. The van der Waals surface area contributed by atoms with Crippen molar-refractivity contribution in [3.05, 3.63) is 94.2 Å². The molecule has 0 bridgehead atoms. The number of hydrogen-bond donors (Lipinski definition) is 5. The van der Waals surface area contributed by atoms with Gasteiger partial charge in [-0.25, -0.2) is 4.39 Å². The van der Waals surface area contributed by atoms with E-state index in [1.807, 2.05) is 13.0 Å². The maximum atomic E-state index is 14.2. The van der Waals surface area contributed by atoms with Gasteiger partial charge in [0.1, 0.15) is 11.9 Å². The van der Waals surface area contributed by atoms with Crippen LogP contribution in [0.15, 0.2) is 60.8 Å². The Hall–Kier alpha value is -4.46. The van der Waals surface area contributed by atoms with E-state index >= 15 is 0 Å². The molecule has 0 fully saturated rings. The highest BCUT2D eigenvalue weighted by atomic mass is 35.5. The predicted molar refractivity (Wildman–Crippen MR) is 137 cm³/mol. The number of hydrazine groups is 2. The van der Waals surface area contributed by atoms with Gasteiger partial charge in [-0.05, 0) is 32.0 Å². The van der Waals surface area contributed by atoms with Gasteiger partial charge >= 0.3 is 0 Å². The number of nitrogens with zero attached hydrogens (tertiary/aromatic N) is 4. The Morgan fingerprint density at radius 1 is 1.14 bits per heavy atom. The van der Waals surface area contributed by atoms with Crippen LogP contribution in [0.3, 0.4) is 0 Å². The molecule has 5 N–H and O–H groups in total. The first-order valence-electron chi connectivity index (χ1n) is 11.4. The Balaban J connectivity index is 1.65. The second kappa shape index (κ2) is 9.65. The summed E-state index contributed by atoms with van der Waals surface area (Å²) >= 11 is 6.63. The number of benzene rings is 1. The molecule has 0 aliphatic carbocycles. The first-order chi connectivity index (χ1) is 17.8. The minimum absolute atomic E-state index is 0.232. The van der Waals surface area contributed by atoms with E-state index in [4.69, 9.17) is 11.6 Å².